The molecule has 7 heteroatoms. The predicted molar refractivity (Wildman–Crippen MR) is 125 cm³/mol. The maximum absolute atomic E-state index is 6.31. The normalized spacial score (nSPS) is 18.7. The van der Waals surface area contributed by atoms with Gasteiger partial charge < -0.3 is 14.0 Å². The molecule has 0 amide bonds. The van der Waals surface area contributed by atoms with E-state index in [1.807, 2.05) is 24.5 Å². The van der Waals surface area contributed by atoms with Crippen molar-refractivity contribution in [3.8, 4) is 11.3 Å². The van der Waals surface area contributed by atoms with Crippen LogP contribution in [0, 0.1) is 0 Å². The number of morpholine rings is 1. The molecule has 4 heterocycles. The summed E-state index contributed by atoms with van der Waals surface area (Å²) >= 11 is 6.31. The molecule has 1 fully saturated rings. The van der Waals surface area contributed by atoms with Crippen molar-refractivity contribution in [2.24, 2.45) is 0 Å². The largest absolute Gasteiger partial charge is 0.378 e. The summed E-state index contributed by atoms with van der Waals surface area (Å²) in [5.41, 5.74) is 6.59. The van der Waals surface area contributed by atoms with Gasteiger partial charge in [0.15, 0.2) is 0 Å². The number of nitrogens with zero attached hydrogens (tertiary/aromatic N) is 5. The highest BCUT2D eigenvalue weighted by molar-refractivity contribution is 6.30. The van der Waals surface area contributed by atoms with Crippen molar-refractivity contribution in [2.45, 2.75) is 25.2 Å². The Hall–Kier alpha value is -2.96. The fourth-order valence-corrected chi connectivity index (χ4v) is 5.10. The van der Waals surface area contributed by atoms with Crippen LogP contribution >= 0.6 is 11.6 Å². The lowest BCUT2D eigenvalue weighted by Crippen LogP contribution is -2.36. The van der Waals surface area contributed by atoms with E-state index in [0.717, 1.165) is 73.3 Å². The van der Waals surface area contributed by atoms with Crippen molar-refractivity contribution in [3.63, 3.8) is 0 Å². The zero-order valence-electron chi connectivity index (χ0n) is 17.7. The first-order valence-electron chi connectivity index (χ1n) is 11.2. The Morgan fingerprint density at radius 2 is 1.94 bits per heavy atom. The van der Waals surface area contributed by atoms with E-state index in [9.17, 15) is 0 Å². The zero-order valence-corrected chi connectivity index (χ0v) is 18.5. The molecule has 6 rings (SSSR count). The Morgan fingerprint density at radius 3 is 2.75 bits per heavy atom. The number of imidazole rings is 1. The molecule has 1 unspecified atom stereocenters. The molecule has 1 aliphatic carbocycles. The van der Waals surface area contributed by atoms with Crippen LogP contribution in [0.3, 0.4) is 0 Å². The van der Waals surface area contributed by atoms with Crippen LogP contribution in [0.15, 0.2) is 55.0 Å². The van der Waals surface area contributed by atoms with E-state index in [2.05, 4.69) is 44.7 Å². The first kappa shape index (κ1) is 19.7. The molecule has 2 aliphatic rings. The third-order valence-electron chi connectivity index (χ3n) is 6.49. The molecule has 0 spiro atoms. The number of benzene rings is 1. The van der Waals surface area contributed by atoms with Crippen LogP contribution in [0.1, 0.15) is 35.7 Å². The fraction of sp³-hybridized carbons (Fsp3) is 0.320. The second-order valence-electron chi connectivity index (χ2n) is 8.45. The third-order valence-corrected chi connectivity index (χ3v) is 6.72. The average molecular weight is 446 g/mol. The Labute approximate surface area is 191 Å². The van der Waals surface area contributed by atoms with E-state index in [1.54, 1.807) is 0 Å². The maximum Gasteiger partial charge on any atom is 0.147 e. The van der Waals surface area contributed by atoms with Gasteiger partial charge in [-0.15, -0.1) is 0 Å². The van der Waals surface area contributed by atoms with Crippen LogP contribution in [0.2, 0.25) is 5.02 Å². The number of halogens is 1. The van der Waals surface area contributed by atoms with Crippen LogP contribution in [-0.2, 0) is 11.2 Å². The lowest BCUT2D eigenvalue weighted by atomic mass is 9.84. The molecule has 3 aromatic heterocycles. The number of hydrogen-bond acceptors (Lipinski definition) is 5. The van der Waals surface area contributed by atoms with Crippen molar-refractivity contribution in [1.29, 1.82) is 0 Å². The minimum absolute atomic E-state index is 0.289. The molecule has 0 radical (unpaired) electrons. The molecule has 0 N–H and O–H groups in total. The molecule has 1 aromatic carbocycles. The minimum Gasteiger partial charge on any atom is -0.378 e. The molecule has 6 nitrogen and oxygen atoms in total. The van der Waals surface area contributed by atoms with Crippen LogP contribution in [0.25, 0.3) is 16.9 Å². The van der Waals surface area contributed by atoms with Crippen molar-refractivity contribution < 1.29 is 4.74 Å². The van der Waals surface area contributed by atoms with Gasteiger partial charge in [0, 0.05) is 35.8 Å². The first-order valence-corrected chi connectivity index (χ1v) is 11.6. The topological polar surface area (TPSA) is 55.5 Å². The van der Waals surface area contributed by atoms with Gasteiger partial charge in [0.2, 0.25) is 0 Å². The summed E-state index contributed by atoms with van der Waals surface area (Å²) in [4.78, 5) is 16.5. The summed E-state index contributed by atoms with van der Waals surface area (Å²) in [6.07, 6.45) is 9.13. The number of fused-ring (bicyclic) bond motifs is 3. The molecule has 1 atom stereocenters. The molecule has 4 aromatic rings. The quantitative estimate of drug-likeness (QED) is 0.455. The standard InChI is InChI=1S/C25H24ClN5O/c26-19-4-1-3-17(13-19)20-5-2-6-21-25(20)31-16-18(7-8-23(31)29-21)22-14-28-24(15-27-22)30-9-11-32-12-10-30/h1,3-4,7-8,13-16,20H,2,5-6,9-12H2. The number of aromatic nitrogens is 4. The molecule has 0 bridgehead atoms. The zero-order chi connectivity index (χ0) is 21.5. The SMILES string of the molecule is Clc1cccc(C2CCCc3nc4ccc(-c5cnc(N6CCOCC6)cn5)cn4c32)c1. The van der Waals surface area contributed by atoms with E-state index in [1.165, 1.54) is 17.0 Å². The summed E-state index contributed by atoms with van der Waals surface area (Å²) in [6.45, 7) is 3.18. The van der Waals surface area contributed by atoms with Crippen molar-refractivity contribution >= 4 is 23.1 Å². The van der Waals surface area contributed by atoms with Gasteiger partial charge in [0.25, 0.3) is 0 Å². The van der Waals surface area contributed by atoms with Crippen LogP contribution in [0.4, 0.5) is 5.82 Å². The third kappa shape index (κ3) is 3.53. The van der Waals surface area contributed by atoms with Gasteiger partial charge in [-0.3, -0.25) is 4.98 Å². The van der Waals surface area contributed by atoms with Gasteiger partial charge in [0.1, 0.15) is 11.5 Å². The van der Waals surface area contributed by atoms with Crippen molar-refractivity contribution in [2.75, 3.05) is 31.2 Å². The molecule has 1 aliphatic heterocycles. The van der Waals surface area contributed by atoms with Crippen molar-refractivity contribution in [1.82, 2.24) is 19.4 Å². The van der Waals surface area contributed by atoms with Crippen molar-refractivity contribution in [3.05, 3.63) is 77.0 Å². The first-order chi connectivity index (χ1) is 15.8. The summed E-state index contributed by atoms with van der Waals surface area (Å²) in [5, 5.41) is 0.778. The Kier molecular flexibility index (Phi) is 5.04. The Morgan fingerprint density at radius 1 is 1.03 bits per heavy atom. The second kappa shape index (κ2) is 8.19. The highest BCUT2D eigenvalue weighted by atomic mass is 35.5. The van der Waals surface area contributed by atoms with Gasteiger partial charge in [-0.1, -0.05) is 23.7 Å². The van der Waals surface area contributed by atoms with Gasteiger partial charge in [-0.05, 0) is 49.1 Å². The van der Waals surface area contributed by atoms with Gasteiger partial charge in [-0.25, -0.2) is 9.97 Å². The number of aryl methyl sites for hydroxylation is 1. The molecule has 32 heavy (non-hydrogen) atoms. The van der Waals surface area contributed by atoms with E-state index in [0.29, 0.717) is 0 Å². The average Bonchev–Trinajstić information content (AvgIpc) is 3.23. The number of hydrogen-bond donors (Lipinski definition) is 0. The van der Waals surface area contributed by atoms with Crippen LogP contribution < -0.4 is 4.90 Å². The highest BCUT2D eigenvalue weighted by Crippen LogP contribution is 2.38. The predicted octanol–water partition coefficient (Wildman–Crippen LogP) is 4.75. The summed E-state index contributed by atoms with van der Waals surface area (Å²) in [6, 6.07) is 12.4. The lowest BCUT2D eigenvalue weighted by Gasteiger charge is -2.27. The molecule has 162 valence electrons. The fourth-order valence-electron chi connectivity index (χ4n) is 4.90. The minimum atomic E-state index is 0.289. The molecular formula is C25H24ClN5O. The maximum atomic E-state index is 6.31. The van der Waals surface area contributed by atoms with Gasteiger partial charge >= 0.3 is 0 Å². The molecule has 1 saturated heterocycles. The number of anilines is 1. The van der Waals surface area contributed by atoms with E-state index in [4.69, 9.17) is 26.3 Å². The van der Waals surface area contributed by atoms with E-state index in [-0.39, 0.29) is 5.92 Å². The number of rotatable bonds is 3. The Bertz CT molecular complexity index is 1260. The van der Waals surface area contributed by atoms with E-state index >= 15 is 0 Å². The smallest absolute Gasteiger partial charge is 0.147 e. The number of ether oxygens (including phenoxy) is 1. The second-order valence-corrected chi connectivity index (χ2v) is 8.89. The molecular weight excluding hydrogens is 422 g/mol. The molecule has 0 saturated carbocycles. The van der Waals surface area contributed by atoms with Gasteiger partial charge in [-0.2, -0.15) is 0 Å². The summed E-state index contributed by atoms with van der Waals surface area (Å²) in [7, 11) is 0. The highest BCUT2D eigenvalue weighted by Gasteiger charge is 2.27. The summed E-state index contributed by atoms with van der Waals surface area (Å²) in [5.74, 6) is 1.19. The van der Waals surface area contributed by atoms with E-state index < -0.39 is 0 Å². The Balaban J connectivity index is 1.38. The monoisotopic (exact) mass is 445 g/mol. The van der Waals surface area contributed by atoms with Crippen LogP contribution in [0.5, 0.6) is 0 Å². The van der Waals surface area contributed by atoms with Crippen LogP contribution in [-0.4, -0.2) is 45.7 Å². The van der Waals surface area contributed by atoms with Gasteiger partial charge in [0.05, 0.1) is 42.7 Å². The number of pyridine rings is 1. The lowest BCUT2D eigenvalue weighted by molar-refractivity contribution is 0.122. The summed E-state index contributed by atoms with van der Waals surface area (Å²) < 4.78 is 7.68.